The average molecular weight is 497 g/mol. The first-order valence-electron chi connectivity index (χ1n) is 8.85. The summed E-state index contributed by atoms with van der Waals surface area (Å²) in [6.45, 7) is 0.460. The summed E-state index contributed by atoms with van der Waals surface area (Å²) in [6.07, 6.45) is -2.66. The zero-order valence-corrected chi connectivity index (χ0v) is 17.1. The van der Waals surface area contributed by atoms with Crippen LogP contribution in [0.4, 0.5) is 23.2 Å². The first kappa shape index (κ1) is 21.0. The van der Waals surface area contributed by atoms with E-state index in [1.807, 2.05) is 6.07 Å². The van der Waals surface area contributed by atoms with Crippen molar-refractivity contribution in [3.05, 3.63) is 75.9 Å². The van der Waals surface area contributed by atoms with Crippen LogP contribution in [0.25, 0.3) is 5.65 Å². The highest BCUT2D eigenvalue weighted by molar-refractivity contribution is 9.10. The number of amides is 1. The van der Waals surface area contributed by atoms with Crippen LogP contribution in [0, 0.1) is 0 Å². The molecule has 0 unspecified atom stereocenters. The van der Waals surface area contributed by atoms with Crippen molar-refractivity contribution < 1.29 is 22.4 Å². The summed E-state index contributed by atoms with van der Waals surface area (Å²) >= 11 is 3.32. The second kappa shape index (κ2) is 8.46. The predicted molar refractivity (Wildman–Crippen MR) is 106 cm³/mol. The third kappa shape index (κ3) is 4.58. The monoisotopic (exact) mass is 496 g/mol. The molecule has 0 spiro atoms. The number of carbonyl (C=O) groups is 1. The van der Waals surface area contributed by atoms with Gasteiger partial charge in [-0.2, -0.15) is 10.2 Å². The highest BCUT2D eigenvalue weighted by Gasteiger charge is 2.22. The summed E-state index contributed by atoms with van der Waals surface area (Å²) < 4.78 is 55.7. The van der Waals surface area contributed by atoms with E-state index in [0.717, 1.165) is 16.1 Å². The Balaban J connectivity index is 1.58. The largest absolute Gasteiger partial charge is 0.321 e. The lowest BCUT2D eigenvalue weighted by atomic mass is 10.2. The van der Waals surface area contributed by atoms with Gasteiger partial charge in [-0.15, -0.1) is 0 Å². The lowest BCUT2D eigenvalue weighted by Crippen LogP contribution is -2.13. The molecule has 3 aromatic heterocycles. The Labute approximate surface area is 180 Å². The summed E-state index contributed by atoms with van der Waals surface area (Å²) in [6, 6.07) is 8.61. The molecular weight excluding hydrogens is 484 g/mol. The molecule has 0 saturated heterocycles. The highest BCUT2D eigenvalue weighted by Crippen LogP contribution is 2.25. The van der Waals surface area contributed by atoms with Crippen LogP contribution < -0.4 is 5.32 Å². The highest BCUT2D eigenvalue weighted by atomic mass is 79.9. The molecule has 0 aliphatic rings. The molecule has 0 radical (unpaired) electrons. The van der Waals surface area contributed by atoms with Crippen molar-refractivity contribution in [1.82, 2.24) is 24.4 Å². The van der Waals surface area contributed by atoms with Gasteiger partial charge in [0.25, 0.3) is 18.8 Å². The van der Waals surface area contributed by atoms with E-state index in [2.05, 4.69) is 36.4 Å². The number of alkyl halides is 4. The van der Waals surface area contributed by atoms with E-state index in [-0.39, 0.29) is 11.3 Å². The Morgan fingerprint density at radius 1 is 1.13 bits per heavy atom. The SMILES string of the molecule is O=C(Nc1cccc(Cn2cc(Br)cn2)c1)c1cc2nc(C(F)F)cc(C(F)F)n2n1. The lowest BCUT2D eigenvalue weighted by Gasteiger charge is -2.07. The molecule has 0 bridgehead atoms. The van der Waals surface area contributed by atoms with E-state index < -0.39 is 30.1 Å². The number of benzene rings is 1. The van der Waals surface area contributed by atoms with Crippen molar-refractivity contribution in [2.75, 3.05) is 5.32 Å². The van der Waals surface area contributed by atoms with Crippen molar-refractivity contribution in [2.24, 2.45) is 0 Å². The molecule has 1 aromatic carbocycles. The van der Waals surface area contributed by atoms with Gasteiger partial charge in [-0.1, -0.05) is 12.1 Å². The standard InChI is InChI=1S/C19H13BrF4N6O/c20-11-7-25-29(9-11)8-10-2-1-3-12(4-10)26-19(31)14-6-16-27-13(17(21)22)5-15(18(23)24)30(16)28-14/h1-7,9,17-18H,8H2,(H,26,31). The number of carbonyl (C=O) groups excluding carboxylic acids is 1. The molecule has 31 heavy (non-hydrogen) atoms. The zero-order valence-electron chi connectivity index (χ0n) is 15.5. The molecule has 12 heteroatoms. The van der Waals surface area contributed by atoms with Crippen LogP contribution in [0.2, 0.25) is 0 Å². The number of hydrogen-bond acceptors (Lipinski definition) is 4. The van der Waals surface area contributed by atoms with Gasteiger partial charge in [0.1, 0.15) is 11.4 Å². The van der Waals surface area contributed by atoms with Crippen LogP contribution >= 0.6 is 15.9 Å². The van der Waals surface area contributed by atoms with Gasteiger partial charge >= 0.3 is 0 Å². The summed E-state index contributed by atoms with van der Waals surface area (Å²) in [5, 5.41) is 10.6. The van der Waals surface area contributed by atoms with Gasteiger partial charge in [-0.3, -0.25) is 9.48 Å². The third-order valence-electron chi connectivity index (χ3n) is 4.29. The van der Waals surface area contributed by atoms with Gasteiger partial charge in [0, 0.05) is 18.0 Å². The van der Waals surface area contributed by atoms with Crippen molar-refractivity contribution in [2.45, 2.75) is 19.4 Å². The quantitative estimate of drug-likeness (QED) is 0.386. The maximum absolute atomic E-state index is 13.3. The van der Waals surface area contributed by atoms with Gasteiger partial charge in [0.05, 0.1) is 17.2 Å². The van der Waals surface area contributed by atoms with E-state index in [4.69, 9.17) is 0 Å². The molecule has 4 aromatic rings. The number of nitrogens with one attached hydrogen (secondary N) is 1. The van der Waals surface area contributed by atoms with Crippen molar-refractivity contribution >= 4 is 33.2 Å². The van der Waals surface area contributed by atoms with Gasteiger partial charge in [-0.25, -0.2) is 27.1 Å². The maximum Gasteiger partial charge on any atom is 0.280 e. The number of anilines is 1. The third-order valence-corrected chi connectivity index (χ3v) is 4.69. The van der Waals surface area contributed by atoms with Crippen LogP contribution in [-0.4, -0.2) is 30.3 Å². The summed E-state index contributed by atoms with van der Waals surface area (Å²) in [4.78, 5) is 16.2. The molecule has 160 valence electrons. The number of hydrogen-bond donors (Lipinski definition) is 1. The predicted octanol–water partition coefficient (Wildman–Crippen LogP) is 4.86. The van der Waals surface area contributed by atoms with Crippen LogP contribution in [0.1, 0.15) is 40.3 Å². The van der Waals surface area contributed by atoms with Crippen LogP contribution in [-0.2, 0) is 6.54 Å². The van der Waals surface area contributed by atoms with E-state index in [1.54, 1.807) is 35.3 Å². The fourth-order valence-corrected chi connectivity index (χ4v) is 3.28. The Morgan fingerprint density at radius 3 is 2.61 bits per heavy atom. The summed E-state index contributed by atoms with van der Waals surface area (Å²) in [7, 11) is 0. The minimum atomic E-state index is -3.07. The topological polar surface area (TPSA) is 77.1 Å². The fraction of sp³-hybridized carbons (Fsp3) is 0.158. The second-order valence-electron chi connectivity index (χ2n) is 6.52. The fourth-order valence-electron chi connectivity index (χ4n) is 2.95. The van der Waals surface area contributed by atoms with E-state index in [9.17, 15) is 22.4 Å². The van der Waals surface area contributed by atoms with Crippen molar-refractivity contribution in [3.8, 4) is 0 Å². The van der Waals surface area contributed by atoms with Crippen LogP contribution in [0.3, 0.4) is 0 Å². The number of rotatable bonds is 6. The number of nitrogens with zero attached hydrogens (tertiary/aromatic N) is 5. The average Bonchev–Trinajstić information content (AvgIpc) is 3.33. The Bertz CT molecular complexity index is 1260. The first-order valence-corrected chi connectivity index (χ1v) is 9.64. The molecule has 0 fully saturated rings. The molecule has 0 aliphatic carbocycles. The first-order chi connectivity index (χ1) is 14.8. The molecule has 1 N–H and O–H groups in total. The summed E-state index contributed by atoms with van der Waals surface area (Å²) in [5.41, 5.74) is -0.787. The summed E-state index contributed by atoms with van der Waals surface area (Å²) in [5.74, 6) is -0.691. The second-order valence-corrected chi connectivity index (χ2v) is 7.43. The smallest absolute Gasteiger partial charge is 0.280 e. The minimum absolute atomic E-state index is 0.234. The van der Waals surface area contributed by atoms with Gasteiger partial charge in [-0.05, 0) is 39.7 Å². The molecule has 0 aliphatic heterocycles. The Morgan fingerprint density at radius 2 is 1.94 bits per heavy atom. The van der Waals surface area contributed by atoms with E-state index >= 15 is 0 Å². The molecule has 7 nitrogen and oxygen atoms in total. The number of fused-ring (bicyclic) bond motifs is 1. The lowest BCUT2D eigenvalue weighted by molar-refractivity contribution is 0.102. The van der Waals surface area contributed by atoms with E-state index in [0.29, 0.717) is 22.8 Å². The normalized spacial score (nSPS) is 11.6. The molecule has 3 heterocycles. The number of halogens is 5. The molecule has 1 amide bonds. The van der Waals surface area contributed by atoms with Gasteiger partial charge < -0.3 is 5.32 Å². The molecule has 4 rings (SSSR count). The van der Waals surface area contributed by atoms with Crippen LogP contribution in [0.15, 0.2) is 53.3 Å². The maximum atomic E-state index is 13.3. The Kier molecular flexibility index (Phi) is 5.72. The van der Waals surface area contributed by atoms with Gasteiger partial charge in [0.2, 0.25) is 0 Å². The van der Waals surface area contributed by atoms with Crippen molar-refractivity contribution in [3.63, 3.8) is 0 Å². The molecular formula is C19H13BrF4N6O. The van der Waals surface area contributed by atoms with Gasteiger partial charge in [0.15, 0.2) is 11.3 Å². The Hall–Kier alpha value is -3.28. The minimum Gasteiger partial charge on any atom is -0.321 e. The van der Waals surface area contributed by atoms with Crippen LogP contribution in [0.5, 0.6) is 0 Å². The van der Waals surface area contributed by atoms with E-state index in [1.165, 1.54) is 0 Å². The molecule has 0 saturated carbocycles. The zero-order chi connectivity index (χ0) is 22.1. The van der Waals surface area contributed by atoms with Crippen molar-refractivity contribution in [1.29, 1.82) is 0 Å². The number of aromatic nitrogens is 5. The molecule has 0 atom stereocenters.